The van der Waals surface area contributed by atoms with Crippen molar-refractivity contribution in [3.05, 3.63) is 57.5 Å². The number of rotatable bonds is 5. The lowest BCUT2D eigenvalue weighted by molar-refractivity contribution is 0.216. The van der Waals surface area contributed by atoms with Gasteiger partial charge in [0, 0.05) is 22.3 Å². The number of benzene rings is 2. The van der Waals surface area contributed by atoms with Gasteiger partial charge in [-0.3, -0.25) is 0 Å². The summed E-state index contributed by atoms with van der Waals surface area (Å²) in [6.07, 6.45) is -0.188. The number of ether oxygens (including phenoxy) is 1. The van der Waals surface area contributed by atoms with Crippen LogP contribution in [0.2, 0.25) is 15.1 Å². The van der Waals surface area contributed by atoms with Crippen LogP contribution in [0.3, 0.4) is 0 Å². The van der Waals surface area contributed by atoms with E-state index < -0.39 is 0 Å². The molecule has 0 aromatic heterocycles. The van der Waals surface area contributed by atoms with Crippen molar-refractivity contribution in [3.63, 3.8) is 0 Å². The van der Waals surface area contributed by atoms with E-state index in [1.165, 1.54) is 0 Å². The van der Waals surface area contributed by atoms with Gasteiger partial charge in [-0.1, -0.05) is 40.9 Å². The highest BCUT2D eigenvalue weighted by Gasteiger charge is 2.16. The highest BCUT2D eigenvalue weighted by atomic mass is 35.5. The van der Waals surface area contributed by atoms with Gasteiger partial charge in [0.2, 0.25) is 0 Å². The van der Waals surface area contributed by atoms with Gasteiger partial charge < -0.3 is 9.64 Å². The van der Waals surface area contributed by atoms with Gasteiger partial charge in [0.25, 0.3) is 0 Å². The number of hydrogen-bond acceptors (Lipinski definition) is 2. The lowest BCUT2D eigenvalue weighted by Gasteiger charge is -2.30. The van der Waals surface area contributed by atoms with E-state index >= 15 is 0 Å². The fourth-order valence-electron chi connectivity index (χ4n) is 2.12. The zero-order chi connectivity index (χ0) is 15.4. The average Bonchev–Trinajstić information content (AvgIpc) is 2.43. The van der Waals surface area contributed by atoms with Crippen LogP contribution in [-0.2, 0) is 0 Å². The molecule has 5 heteroatoms. The molecule has 2 rings (SSSR count). The van der Waals surface area contributed by atoms with Gasteiger partial charge in [0.15, 0.2) is 6.23 Å². The van der Waals surface area contributed by atoms with Gasteiger partial charge in [-0.25, -0.2) is 0 Å². The minimum Gasteiger partial charge on any atom is -0.469 e. The van der Waals surface area contributed by atoms with Crippen LogP contribution < -0.4 is 9.64 Å². The maximum atomic E-state index is 6.14. The van der Waals surface area contributed by atoms with Crippen molar-refractivity contribution < 1.29 is 4.74 Å². The lowest BCUT2D eigenvalue weighted by atomic mass is 10.2. The minimum atomic E-state index is -0.188. The second-order valence-corrected chi connectivity index (χ2v) is 5.84. The lowest BCUT2D eigenvalue weighted by Crippen LogP contribution is -2.37. The van der Waals surface area contributed by atoms with E-state index in [0.29, 0.717) is 20.8 Å². The van der Waals surface area contributed by atoms with Gasteiger partial charge in [-0.2, -0.15) is 0 Å². The first-order chi connectivity index (χ1) is 10.0. The van der Waals surface area contributed by atoms with Crippen molar-refractivity contribution in [1.82, 2.24) is 0 Å². The standard InChI is InChI=1S/C16H16Cl3NO/c1-3-20(14-6-4-5-12(17)9-14)11(2)21-16-8-7-13(18)10-15(16)19/h4-11H,3H2,1-2H3. The summed E-state index contributed by atoms with van der Waals surface area (Å²) < 4.78 is 5.94. The van der Waals surface area contributed by atoms with Gasteiger partial charge in [-0.05, 0) is 50.2 Å². The molecule has 0 fully saturated rings. The molecular weight excluding hydrogens is 329 g/mol. The number of nitrogens with zero attached hydrogens (tertiary/aromatic N) is 1. The largest absolute Gasteiger partial charge is 0.469 e. The van der Waals surface area contributed by atoms with Crippen LogP contribution in [0.1, 0.15) is 13.8 Å². The Morgan fingerprint density at radius 3 is 2.38 bits per heavy atom. The summed E-state index contributed by atoms with van der Waals surface area (Å²) in [4.78, 5) is 2.09. The van der Waals surface area contributed by atoms with E-state index in [2.05, 4.69) is 11.8 Å². The van der Waals surface area contributed by atoms with Crippen molar-refractivity contribution in [3.8, 4) is 5.75 Å². The van der Waals surface area contributed by atoms with Crippen LogP contribution in [0, 0.1) is 0 Å². The predicted molar refractivity (Wildman–Crippen MR) is 91.0 cm³/mol. The summed E-state index contributed by atoms with van der Waals surface area (Å²) in [5.74, 6) is 0.606. The Labute approximate surface area is 140 Å². The fourth-order valence-corrected chi connectivity index (χ4v) is 2.76. The molecule has 0 bridgehead atoms. The molecule has 2 nitrogen and oxygen atoms in total. The van der Waals surface area contributed by atoms with E-state index in [9.17, 15) is 0 Å². The number of halogens is 3. The van der Waals surface area contributed by atoms with Crippen LogP contribution >= 0.6 is 34.8 Å². The molecule has 0 aliphatic carbocycles. The van der Waals surface area contributed by atoms with Gasteiger partial charge in [0.1, 0.15) is 5.75 Å². The van der Waals surface area contributed by atoms with Crippen molar-refractivity contribution in [2.45, 2.75) is 20.1 Å². The Balaban J connectivity index is 2.18. The molecule has 1 unspecified atom stereocenters. The molecule has 21 heavy (non-hydrogen) atoms. The normalized spacial score (nSPS) is 12.0. The molecule has 2 aromatic carbocycles. The number of anilines is 1. The maximum absolute atomic E-state index is 6.14. The van der Waals surface area contributed by atoms with Crippen LogP contribution in [-0.4, -0.2) is 12.8 Å². The third kappa shape index (κ3) is 4.19. The van der Waals surface area contributed by atoms with Crippen molar-refractivity contribution in [1.29, 1.82) is 0 Å². The molecular formula is C16H16Cl3NO. The molecule has 0 heterocycles. The number of hydrogen-bond donors (Lipinski definition) is 0. The molecule has 2 aromatic rings. The average molecular weight is 345 g/mol. The molecule has 1 atom stereocenters. The summed E-state index contributed by atoms with van der Waals surface area (Å²) in [6.45, 7) is 4.81. The monoisotopic (exact) mass is 343 g/mol. The van der Waals surface area contributed by atoms with Crippen LogP contribution in [0.5, 0.6) is 5.75 Å². The van der Waals surface area contributed by atoms with E-state index in [1.54, 1.807) is 18.2 Å². The molecule has 0 radical (unpaired) electrons. The van der Waals surface area contributed by atoms with Crippen LogP contribution in [0.4, 0.5) is 5.69 Å². The zero-order valence-corrected chi connectivity index (χ0v) is 14.1. The van der Waals surface area contributed by atoms with Gasteiger partial charge in [0.05, 0.1) is 5.02 Å². The third-order valence-electron chi connectivity index (χ3n) is 3.11. The first-order valence-electron chi connectivity index (χ1n) is 6.65. The van der Waals surface area contributed by atoms with E-state index in [4.69, 9.17) is 39.5 Å². The Hall–Kier alpha value is -1.09. The van der Waals surface area contributed by atoms with Crippen LogP contribution in [0.15, 0.2) is 42.5 Å². The maximum Gasteiger partial charge on any atom is 0.169 e. The van der Waals surface area contributed by atoms with Crippen molar-refractivity contribution in [2.24, 2.45) is 0 Å². The van der Waals surface area contributed by atoms with E-state index in [1.807, 2.05) is 31.2 Å². The second kappa shape index (κ2) is 7.26. The smallest absolute Gasteiger partial charge is 0.169 e. The van der Waals surface area contributed by atoms with Gasteiger partial charge >= 0.3 is 0 Å². The molecule has 112 valence electrons. The summed E-state index contributed by atoms with van der Waals surface area (Å²) in [5, 5.41) is 1.78. The predicted octanol–water partition coefficient (Wildman–Crippen LogP) is 5.90. The zero-order valence-electron chi connectivity index (χ0n) is 11.8. The topological polar surface area (TPSA) is 12.5 Å². The molecule has 0 saturated carbocycles. The minimum absolute atomic E-state index is 0.188. The highest BCUT2D eigenvalue weighted by molar-refractivity contribution is 6.35. The molecule has 0 spiro atoms. The molecule has 0 saturated heterocycles. The molecule has 0 amide bonds. The molecule has 0 N–H and O–H groups in total. The SMILES string of the molecule is CCN(c1cccc(Cl)c1)C(C)Oc1ccc(Cl)cc1Cl. The summed E-state index contributed by atoms with van der Waals surface area (Å²) in [6, 6.07) is 12.9. The second-order valence-electron chi connectivity index (χ2n) is 4.56. The first kappa shape index (κ1) is 16.3. The highest BCUT2D eigenvalue weighted by Crippen LogP contribution is 2.30. The summed E-state index contributed by atoms with van der Waals surface area (Å²) in [5.41, 5.74) is 1.00. The Morgan fingerprint density at radius 2 is 1.76 bits per heavy atom. The Morgan fingerprint density at radius 1 is 1.05 bits per heavy atom. The first-order valence-corrected chi connectivity index (χ1v) is 7.78. The van der Waals surface area contributed by atoms with Gasteiger partial charge in [-0.15, -0.1) is 0 Å². The summed E-state index contributed by atoms with van der Waals surface area (Å²) >= 11 is 18.1. The van der Waals surface area contributed by atoms with E-state index in [-0.39, 0.29) is 6.23 Å². The Bertz CT molecular complexity index is 618. The molecule has 0 aliphatic rings. The molecule has 0 aliphatic heterocycles. The van der Waals surface area contributed by atoms with Crippen molar-refractivity contribution in [2.75, 3.05) is 11.4 Å². The van der Waals surface area contributed by atoms with Crippen LogP contribution in [0.25, 0.3) is 0 Å². The summed E-state index contributed by atoms with van der Waals surface area (Å²) in [7, 11) is 0. The van der Waals surface area contributed by atoms with E-state index in [0.717, 1.165) is 12.2 Å². The Kier molecular flexibility index (Phi) is 5.63. The van der Waals surface area contributed by atoms with Crippen molar-refractivity contribution >= 4 is 40.5 Å². The fraction of sp³-hybridized carbons (Fsp3) is 0.250. The third-order valence-corrected chi connectivity index (χ3v) is 3.88. The quantitative estimate of drug-likeness (QED) is 0.626.